The summed E-state index contributed by atoms with van der Waals surface area (Å²) < 4.78 is 10.8. The first-order valence-corrected chi connectivity index (χ1v) is 4.16. The largest absolute Gasteiger partial charge is 0.396 e. The first-order valence-electron chi connectivity index (χ1n) is 4.16. The van der Waals surface area contributed by atoms with E-state index in [4.69, 9.17) is 9.47 Å². The standard InChI is InChI=1S/C8H12O3/c9-3-7-1-6(7)2-11-8(7)4-10-5-8/h6,9H,1-5H2. The van der Waals surface area contributed by atoms with Gasteiger partial charge in [0.25, 0.3) is 0 Å². The number of hydrogen-bond acceptors (Lipinski definition) is 3. The first-order chi connectivity index (χ1) is 5.33. The van der Waals surface area contributed by atoms with Crippen molar-refractivity contribution in [2.75, 3.05) is 26.4 Å². The Morgan fingerprint density at radius 1 is 1.45 bits per heavy atom. The highest BCUT2D eigenvalue weighted by Gasteiger charge is 2.74. The molecule has 2 aliphatic heterocycles. The van der Waals surface area contributed by atoms with Crippen LogP contribution in [-0.4, -0.2) is 37.1 Å². The third-order valence-corrected chi connectivity index (χ3v) is 3.65. The summed E-state index contributed by atoms with van der Waals surface area (Å²) in [5, 5.41) is 9.23. The highest BCUT2D eigenvalue weighted by atomic mass is 16.6. The van der Waals surface area contributed by atoms with Crippen LogP contribution in [0.15, 0.2) is 0 Å². The molecule has 0 aromatic carbocycles. The zero-order valence-electron chi connectivity index (χ0n) is 6.38. The maximum atomic E-state index is 9.23. The van der Waals surface area contributed by atoms with Gasteiger partial charge in [0.1, 0.15) is 5.60 Å². The van der Waals surface area contributed by atoms with Crippen LogP contribution >= 0.6 is 0 Å². The van der Waals surface area contributed by atoms with Gasteiger partial charge in [-0.15, -0.1) is 0 Å². The summed E-state index contributed by atoms with van der Waals surface area (Å²) in [5.41, 5.74) is 0.0255. The number of fused-ring (bicyclic) bond motifs is 2. The normalized spacial score (nSPS) is 50.5. The van der Waals surface area contributed by atoms with Gasteiger partial charge in [0.15, 0.2) is 0 Å². The molecule has 2 atom stereocenters. The monoisotopic (exact) mass is 156 g/mol. The van der Waals surface area contributed by atoms with E-state index < -0.39 is 0 Å². The predicted molar refractivity (Wildman–Crippen MR) is 37.1 cm³/mol. The van der Waals surface area contributed by atoms with Crippen LogP contribution in [-0.2, 0) is 9.47 Å². The highest BCUT2D eigenvalue weighted by Crippen LogP contribution is 2.67. The van der Waals surface area contributed by atoms with Crippen molar-refractivity contribution < 1.29 is 14.6 Å². The molecule has 3 aliphatic rings. The van der Waals surface area contributed by atoms with Crippen LogP contribution in [0, 0.1) is 11.3 Å². The van der Waals surface area contributed by atoms with E-state index in [9.17, 15) is 5.11 Å². The molecule has 0 bridgehead atoms. The van der Waals surface area contributed by atoms with Crippen LogP contribution in [0.3, 0.4) is 0 Å². The van der Waals surface area contributed by atoms with Crippen molar-refractivity contribution in [2.45, 2.75) is 12.0 Å². The van der Waals surface area contributed by atoms with Crippen LogP contribution in [0.5, 0.6) is 0 Å². The van der Waals surface area contributed by atoms with Crippen molar-refractivity contribution in [3.63, 3.8) is 0 Å². The fourth-order valence-electron chi connectivity index (χ4n) is 2.56. The minimum absolute atomic E-state index is 0.0770. The second-order valence-electron chi connectivity index (χ2n) is 4.01. The van der Waals surface area contributed by atoms with Crippen LogP contribution in [0.4, 0.5) is 0 Å². The molecule has 2 heterocycles. The molecule has 1 aliphatic carbocycles. The van der Waals surface area contributed by atoms with Crippen LogP contribution in [0.2, 0.25) is 0 Å². The highest BCUT2D eigenvalue weighted by molar-refractivity contribution is 5.21. The van der Waals surface area contributed by atoms with Crippen molar-refractivity contribution in [2.24, 2.45) is 11.3 Å². The van der Waals surface area contributed by atoms with E-state index >= 15 is 0 Å². The van der Waals surface area contributed by atoms with Gasteiger partial charge in [-0.05, 0) is 12.3 Å². The van der Waals surface area contributed by atoms with E-state index in [1.165, 1.54) is 0 Å². The fraction of sp³-hybridized carbons (Fsp3) is 1.00. The number of aliphatic hydroxyl groups is 1. The van der Waals surface area contributed by atoms with Crippen molar-refractivity contribution in [3.8, 4) is 0 Å². The Bertz CT molecular complexity index is 190. The molecule has 3 fully saturated rings. The molecule has 1 saturated carbocycles. The zero-order valence-corrected chi connectivity index (χ0v) is 6.38. The van der Waals surface area contributed by atoms with E-state index in [0.717, 1.165) is 13.0 Å². The van der Waals surface area contributed by atoms with Crippen LogP contribution in [0.1, 0.15) is 6.42 Å². The summed E-state index contributed by atoms with van der Waals surface area (Å²) in [6.45, 7) is 2.51. The quantitative estimate of drug-likeness (QED) is 0.570. The maximum absolute atomic E-state index is 9.23. The van der Waals surface area contributed by atoms with Gasteiger partial charge in [0.05, 0.1) is 26.4 Å². The van der Waals surface area contributed by atoms with E-state index in [-0.39, 0.29) is 17.6 Å². The summed E-state index contributed by atoms with van der Waals surface area (Å²) in [6.07, 6.45) is 1.15. The van der Waals surface area contributed by atoms with E-state index in [1.54, 1.807) is 0 Å². The third kappa shape index (κ3) is 0.504. The molecule has 0 amide bonds. The van der Waals surface area contributed by atoms with E-state index in [0.29, 0.717) is 19.1 Å². The molecule has 1 spiro atoms. The molecular formula is C8H12O3. The average molecular weight is 156 g/mol. The van der Waals surface area contributed by atoms with Gasteiger partial charge in [-0.3, -0.25) is 0 Å². The third-order valence-electron chi connectivity index (χ3n) is 3.65. The lowest BCUT2D eigenvalue weighted by molar-refractivity contribution is -0.225. The van der Waals surface area contributed by atoms with Gasteiger partial charge >= 0.3 is 0 Å². The molecule has 0 aromatic rings. The fourth-order valence-corrected chi connectivity index (χ4v) is 2.56. The van der Waals surface area contributed by atoms with Gasteiger partial charge in [0.2, 0.25) is 0 Å². The second kappa shape index (κ2) is 1.63. The number of aliphatic hydroxyl groups excluding tert-OH is 1. The molecular weight excluding hydrogens is 144 g/mol. The summed E-state index contributed by atoms with van der Waals surface area (Å²) >= 11 is 0. The average Bonchev–Trinajstić information content (AvgIpc) is 2.57. The first kappa shape index (κ1) is 6.40. The Hall–Kier alpha value is -0.120. The smallest absolute Gasteiger partial charge is 0.123 e. The molecule has 3 rings (SSSR count). The number of hydrogen-bond donors (Lipinski definition) is 1. The van der Waals surface area contributed by atoms with Gasteiger partial charge in [-0.1, -0.05) is 0 Å². The SMILES string of the molecule is OCC12CC1COC21COC1. The molecule has 1 N–H and O–H groups in total. The second-order valence-corrected chi connectivity index (χ2v) is 4.01. The van der Waals surface area contributed by atoms with E-state index in [1.807, 2.05) is 0 Å². The van der Waals surface area contributed by atoms with Crippen molar-refractivity contribution in [3.05, 3.63) is 0 Å². The Labute approximate surface area is 65.3 Å². The molecule has 2 saturated heterocycles. The summed E-state index contributed by atoms with van der Waals surface area (Å²) in [7, 11) is 0. The maximum Gasteiger partial charge on any atom is 0.123 e. The van der Waals surface area contributed by atoms with E-state index in [2.05, 4.69) is 0 Å². The number of ether oxygens (including phenoxy) is 2. The minimum Gasteiger partial charge on any atom is -0.396 e. The zero-order chi connectivity index (χ0) is 7.53. The van der Waals surface area contributed by atoms with Crippen molar-refractivity contribution >= 4 is 0 Å². The molecule has 0 radical (unpaired) electrons. The molecule has 62 valence electrons. The molecule has 3 nitrogen and oxygen atoms in total. The van der Waals surface area contributed by atoms with Gasteiger partial charge in [-0.2, -0.15) is 0 Å². The van der Waals surface area contributed by atoms with Crippen LogP contribution < -0.4 is 0 Å². The predicted octanol–water partition coefficient (Wildman–Crippen LogP) is -0.216. The Morgan fingerprint density at radius 3 is 2.64 bits per heavy atom. The van der Waals surface area contributed by atoms with Gasteiger partial charge in [-0.25, -0.2) is 0 Å². The summed E-state index contributed by atoms with van der Waals surface area (Å²) in [4.78, 5) is 0. The minimum atomic E-state index is -0.0770. The Kier molecular flexibility index (Phi) is 0.947. The molecule has 2 unspecified atom stereocenters. The lowest BCUT2D eigenvalue weighted by Crippen LogP contribution is -2.57. The van der Waals surface area contributed by atoms with Gasteiger partial charge < -0.3 is 14.6 Å². The lowest BCUT2D eigenvalue weighted by atomic mass is 9.83. The topological polar surface area (TPSA) is 38.7 Å². The van der Waals surface area contributed by atoms with Gasteiger partial charge in [0, 0.05) is 5.41 Å². The Balaban J connectivity index is 1.94. The molecule has 3 heteroatoms. The van der Waals surface area contributed by atoms with Crippen LogP contribution in [0.25, 0.3) is 0 Å². The van der Waals surface area contributed by atoms with Crippen molar-refractivity contribution in [1.82, 2.24) is 0 Å². The summed E-state index contributed by atoms with van der Waals surface area (Å²) in [6, 6.07) is 0. The number of rotatable bonds is 1. The lowest BCUT2D eigenvalue weighted by Gasteiger charge is -2.43. The molecule has 11 heavy (non-hydrogen) atoms. The summed E-state index contributed by atoms with van der Waals surface area (Å²) in [5.74, 6) is 0.622. The van der Waals surface area contributed by atoms with Crippen molar-refractivity contribution in [1.29, 1.82) is 0 Å². The molecule has 0 aromatic heterocycles. The Morgan fingerprint density at radius 2 is 2.27 bits per heavy atom.